The van der Waals surface area contributed by atoms with Gasteiger partial charge < -0.3 is 15.4 Å². The smallest absolute Gasteiger partial charge is 0.409 e. The third-order valence-corrected chi connectivity index (χ3v) is 4.35. The molecule has 18 heavy (non-hydrogen) atoms. The number of carbonyl (C=O) groups is 1. The van der Waals surface area contributed by atoms with E-state index in [0.29, 0.717) is 18.8 Å². The minimum atomic E-state index is -2.90. The zero-order chi connectivity index (χ0) is 13.2. The highest BCUT2D eigenvalue weighted by atomic mass is 32.2. The molecule has 1 aliphatic rings. The summed E-state index contributed by atoms with van der Waals surface area (Å²) >= 11 is 0. The number of rotatable bonds is 2. The standard InChI is InChI=1S/C11H14N2O4S/c12-11(14)17-10-3-1-2-9(8-10)13-4-6-18(15,16)7-5-13/h1-3,8H,4-7H2,(H2,12,14). The molecule has 6 nitrogen and oxygen atoms in total. The number of carbonyl (C=O) groups excluding carboxylic acids is 1. The van der Waals surface area contributed by atoms with Gasteiger partial charge in [0.15, 0.2) is 9.84 Å². The Morgan fingerprint density at radius 2 is 1.94 bits per heavy atom. The first-order valence-corrected chi connectivity index (χ1v) is 7.31. The molecule has 0 saturated carbocycles. The summed E-state index contributed by atoms with van der Waals surface area (Å²) in [4.78, 5) is 12.6. The highest BCUT2D eigenvalue weighted by molar-refractivity contribution is 7.91. The van der Waals surface area contributed by atoms with Crippen LogP contribution in [0.3, 0.4) is 0 Å². The number of amides is 1. The van der Waals surface area contributed by atoms with Gasteiger partial charge in [-0.15, -0.1) is 0 Å². The average Bonchev–Trinajstić information content (AvgIpc) is 2.28. The van der Waals surface area contributed by atoms with E-state index in [1.807, 2.05) is 11.0 Å². The van der Waals surface area contributed by atoms with Crippen LogP contribution < -0.4 is 15.4 Å². The van der Waals surface area contributed by atoms with Gasteiger partial charge in [-0.2, -0.15) is 0 Å². The summed E-state index contributed by atoms with van der Waals surface area (Å²) in [6, 6.07) is 6.86. The van der Waals surface area contributed by atoms with Crippen LogP contribution in [-0.2, 0) is 9.84 Å². The topological polar surface area (TPSA) is 89.7 Å². The first kappa shape index (κ1) is 12.7. The SMILES string of the molecule is NC(=O)Oc1cccc(N2CCS(=O)(=O)CC2)c1. The van der Waals surface area contributed by atoms with E-state index >= 15 is 0 Å². The van der Waals surface area contributed by atoms with Crippen LogP contribution in [0, 0.1) is 0 Å². The molecule has 1 heterocycles. The molecular formula is C11H14N2O4S. The predicted octanol–water partition coefficient (Wildman–Crippen LogP) is 0.379. The van der Waals surface area contributed by atoms with Crippen LogP contribution >= 0.6 is 0 Å². The molecule has 0 aliphatic carbocycles. The lowest BCUT2D eigenvalue weighted by atomic mass is 10.2. The van der Waals surface area contributed by atoms with Gasteiger partial charge in [0.2, 0.25) is 0 Å². The molecule has 0 radical (unpaired) electrons. The normalized spacial score (nSPS) is 18.3. The molecule has 7 heteroatoms. The Hall–Kier alpha value is -1.76. The Morgan fingerprint density at radius 1 is 1.28 bits per heavy atom. The average molecular weight is 270 g/mol. The first-order valence-electron chi connectivity index (χ1n) is 5.49. The molecule has 1 aromatic rings. The zero-order valence-electron chi connectivity index (χ0n) is 9.70. The third kappa shape index (κ3) is 3.13. The minimum Gasteiger partial charge on any atom is -0.410 e. The first-order chi connectivity index (χ1) is 8.46. The van der Waals surface area contributed by atoms with Crippen LogP contribution in [0.1, 0.15) is 0 Å². The monoisotopic (exact) mass is 270 g/mol. The summed E-state index contributed by atoms with van der Waals surface area (Å²) in [7, 11) is -2.90. The van der Waals surface area contributed by atoms with Crippen molar-refractivity contribution in [3.63, 3.8) is 0 Å². The largest absolute Gasteiger partial charge is 0.410 e. The zero-order valence-corrected chi connectivity index (χ0v) is 10.5. The molecule has 1 amide bonds. The Labute approximate surface area is 105 Å². The summed E-state index contributed by atoms with van der Waals surface area (Å²) in [6.45, 7) is 0.894. The number of anilines is 1. The molecule has 1 fully saturated rings. The summed E-state index contributed by atoms with van der Waals surface area (Å²) in [5.41, 5.74) is 5.76. The van der Waals surface area contributed by atoms with Gasteiger partial charge in [0.25, 0.3) is 0 Å². The molecule has 2 N–H and O–H groups in total. The van der Waals surface area contributed by atoms with Gasteiger partial charge in [-0.3, -0.25) is 0 Å². The van der Waals surface area contributed by atoms with Crippen LogP contribution in [0.5, 0.6) is 5.75 Å². The molecule has 0 atom stereocenters. The predicted molar refractivity (Wildman–Crippen MR) is 67.5 cm³/mol. The molecule has 98 valence electrons. The molecule has 0 spiro atoms. The van der Waals surface area contributed by atoms with E-state index in [-0.39, 0.29) is 11.5 Å². The lowest BCUT2D eigenvalue weighted by Crippen LogP contribution is -2.40. The Morgan fingerprint density at radius 3 is 2.56 bits per heavy atom. The number of primary amides is 1. The van der Waals surface area contributed by atoms with Gasteiger partial charge in [0, 0.05) is 24.8 Å². The highest BCUT2D eigenvalue weighted by Gasteiger charge is 2.21. The fraction of sp³-hybridized carbons (Fsp3) is 0.364. The van der Waals surface area contributed by atoms with E-state index in [4.69, 9.17) is 10.5 Å². The minimum absolute atomic E-state index is 0.147. The molecule has 0 bridgehead atoms. The van der Waals surface area contributed by atoms with Gasteiger partial charge in [-0.05, 0) is 12.1 Å². The fourth-order valence-electron chi connectivity index (χ4n) is 1.83. The quantitative estimate of drug-likeness (QED) is 0.839. The van der Waals surface area contributed by atoms with Gasteiger partial charge in [-0.25, -0.2) is 13.2 Å². The molecule has 1 aliphatic heterocycles. The van der Waals surface area contributed by atoms with Crippen molar-refractivity contribution in [1.82, 2.24) is 0 Å². The lowest BCUT2D eigenvalue weighted by Gasteiger charge is -2.28. The van der Waals surface area contributed by atoms with Crippen molar-refractivity contribution in [2.75, 3.05) is 29.5 Å². The summed E-state index contributed by atoms with van der Waals surface area (Å²) < 4.78 is 27.4. The number of sulfone groups is 1. The van der Waals surface area contributed by atoms with Crippen LogP contribution in [0.4, 0.5) is 10.5 Å². The van der Waals surface area contributed by atoms with Crippen molar-refractivity contribution in [1.29, 1.82) is 0 Å². The molecule has 1 aromatic carbocycles. The van der Waals surface area contributed by atoms with Gasteiger partial charge in [-0.1, -0.05) is 6.07 Å². The Kier molecular flexibility index (Phi) is 3.42. The Balaban J connectivity index is 2.12. The maximum atomic E-state index is 11.3. The summed E-state index contributed by atoms with van der Waals surface area (Å²) in [5.74, 6) is 0.648. The second kappa shape index (κ2) is 4.85. The number of benzene rings is 1. The maximum Gasteiger partial charge on any atom is 0.409 e. The molecule has 1 saturated heterocycles. The molecule has 0 aromatic heterocycles. The van der Waals surface area contributed by atoms with Crippen LogP contribution in [0.25, 0.3) is 0 Å². The maximum absolute atomic E-state index is 11.3. The van der Waals surface area contributed by atoms with Crippen LogP contribution in [-0.4, -0.2) is 39.1 Å². The summed E-state index contributed by atoms with van der Waals surface area (Å²) in [5, 5.41) is 0. The van der Waals surface area contributed by atoms with Crippen molar-refractivity contribution in [3.8, 4) is 5.75 Å². The second-order valence-electron chi connectivity index (χ2n) is 4.06. The number of nitrogens with zero attached hydrogens (tertiary/aromatic N) is 1. The lowest BCUT2D eigenvalue weighted by molar-refractivity contribution is 0.211. The van der Waals surface area contributed by atoms with E-state index in [1.54, 1.807) is 18.2 Å². The van der Waals surface area contributed by atoms with Gasteiger partial charge in [0.05, 0.1) is 11.5 Å². The molecule has 0 unspecified atom stereocenters. The van der Waals surface area contributed by atoms with Crippen LogP contribution in [0.2, 0.25) is 0 Å². The molecular weight excluding hydrogens is 256 g/mol. The van der Waals surface area contributed by atoms with E-state index in [9.17, 15) is 13.2 Å². The third-order valence-electron chi connectivity index (χ3n) is 2.75. The van der Waals surface area contributed by atoms with E-state index in [1.165, 1.54) is 0 Å². The van der Waals surface area contributed by atoms with E-state index in [0.717, 1.165) is 5.69 Å². The van der Waals surface area contributed by atoms with Crippen molar-refractivity contribution in [3.05, 3.63) is 24.3 Å². The van der Waals surface area contributed by atoms with Crippen molar-refractivity contribution < 1.29 is 17.9 Å². The number of hydrogen-bond donors (Lipinski definition) is 1. The van der Waals surface area contributed by atoms with E-state index in [2.05, 4.69) is 0 Å². The van der Waals surface area contributed by atoms with Crippen LogP contribution in [0.15, 0.2) is 24.3 Å². The van der Waals surface area contributed by atoms with Crippen molar-refractivity contribution in [2.24, 2.45) is 5.73 Å². The van der Waals surface area contributed by atoms with Gasteiger partial charge >= 0.3 is 6.09 Å². The number of ether oxygens (including phenoxy) is 1. The van der Waals surface area contributed by atoms with Crippen molar-refractivity contribution in [2.45, 2.75) is 0 Å². The number of hydrogen-bond acceptors (Lipinski definition) is 5. The van der Waals surface area contributed by atoms with E-state index < -0.39 is 15.9 Å². The number of nitrogens with two attached hydrogens (primary N) is 1. The molecule has 2 rings (SSSR count). The second-order valence-corrected chi connectivity index (χ2v) is 6.36. The fourth-order valence-corrected chi connectivity index (χ4v) is 3.03. The highest BCUT2D eigenvalue weighted by Crippen LogP contribution is 2.22. The van der Waals surface area contributed by atoms with Gasteiger partial charge in [0.1, 0.15) is 5.75 Å². The summed E-state index contributed by atoms with van der Waals surface area (Å²) in [6.07, 6.45) is -0.867. The Bertz CT molecular complexity index is 542. The van der Waals surface area contributed by atoms with Crippen molar-refractivity contribution >= 4 is 21.6 Å².